The second kappa shape index (κ2) is 10.0. The third-order valence-corrected chi connectivity index (χ3v) is 7.32. The van der Waals surface area contributed by atoms with E-state index in [1.54, 1.807) is 28.9 Å². The summed E-state index contributed by atoms with van der Waals surface area (Å²) in [6, 6.07) is 7.62. The molecule has 172 valence electrons. The standard InChI is InChI=1S/C24H32ClN5O2/c1-16-23(25)17(2)30(28-16)15-22(31)27-20-10-8-18(9-11-20)24(32)26-14-19-6-5-13-29-12-4-3-7-21(19)29/h8-11,19,21H,3-7,12-15H2,1-2H3,(H,26,32)(H,27,31). The molecule has 2 unspecified atom stereocenters. The van der Waals surface area contributed by atoms with Gasteiger partial charge < -0.3 is 15.5 Å². The fourth-order valence-electron chi connectivity index (χ4n) is 5.01. The van der Waals surface area contributed by atoms with Crippen LogP contribution in [0.2, 0.25) is 5.02 Å². The van der Waals surface area contributed by atoms with Crippen LogP contribution in [0.5, 0.6) is 0 Å². The highest BCUT2D eigenvalue weighted by Crippen LogP contribution is 2.30. The number of fused-ring (bicyclic) bond motifs is 1. The summed E-state index contributed by atoms with van der Waals surface area (Å²) in [7, 11) is 0. The smallest absolute Gasteiger partial charge is 0.251 e. The van der Waals surface area contributed by atoms with Gasteiger partial charge in [0, 0.05) is 23.8 Å². The zero-order chi connectivity index (χ0) is 22.7. The Hall–Kier alpha value is -2.38. The van der Waals surface area contributed by atoms with Crippen LogP contribution in [0, 0.1) is 19.8 Å². The van der Waals surface area contributed by atoms with E-state index in [1.807, 2.05) is 13.8 Å². The molecule has 0 bridgehead atoms. The van der Waals surface area contributed by atoms with Gasteiger partial charge in [0.05, 0.1) is 16.4 Å². The van der Waals surface area contributed by atoms with Crippen LogP contribution in [0.25, 0.3) is 0 Å². The maximum Gasteiger partial charge on any atom is 0.251 e. The van der Waals surface area contributed by atoms with E-state index in [2.05, 4.69) is 20.6 Å². The lowest BCUT2D eigenvalue weighted by Gasteiger charge is -2.44. The number of nitrogens with zero attached hydrogens (tertiary/aromatic N) is 3. The van der Waals surface area contributed by atoms with Crippen LogP contribution in [0.4, 0.5) is 5.69 Å². The molecule has 0 spiro atoms. The number of hydrogen-bond acceptors (Lipinski definition) is 4. The molecule has 2 aliphatic heterocycles. The van der Waals surface area contributed by atoms with Crippen molar-refractivity contribution >= 4 is 29.1 Å². The number of halogens is 1. The van der Waals surface area contributed by atoms with E-state index >= 15 is 0 Å². The van der Waals surface area contributed by atoms with Crippen LogP contribution in [0.15, 0.2) is 24.3 Å². The summed E-state index contributed by atoms with van der Waals surface area (Å²) >= 11 is 6.14. The highest BCUT2D eigenvalue weighted by molar-refractivity contribution is 6.31. The molecule has 0 aliphatic carbocycles. The van der Waals surface area contributed by atoms with Crippen molar-refractivity contribution < 1.29 is 9.59 Å². The molecule has 8 heteroatoms. The van der Waals surface area contributed by atoms with Gasteiger partial charge in [-0.2, -0.15) is 5.10 Å². The van der Waals surface area contributed by atoms with Gasteiger partial charge in [0.1, 0.15) is 6.54 Å². The molecule has 2 aromatic rings. The Labute approximate surface area is 194 Å². The minimum Gasteiger partial charge on any atom is -0.352 e. The van der Waals surface area contributed by atoms with Crippen molar-refractivity contribution in [2.24, 2.45) is 5.92 Å². The van der Waals surface area contributed by atoms with Crippen molar-refractivity contribution in [1.29, 1.82) is 0 Å². The van der Waals surface area contributed by atoms with Gasteiger partial charge in [0.2, 0.25) is 5.91 Å². The molecule has 32 heavy (non-hydrogen) atoms. The van der Waals surface area contributed by atoms with Crippen LogP contribution in [-0.2, 0) is 11.3 Å². The average Bonchev–Trinajstić information content (AvgIpc) is 3.04. The molecule has 1 aromatic carbocycles. The number of anilines is 1. The Morgan fingerprint density at radius 3 is 2.56 bits per heavy atom. The molecule has 0 radical (unpaired) electrons. The number of nitrogens with one attached hydrogen (secondary N) is 2. The van der Waals surface area contributed by atoms with Crippen molar-refractivity contribution in [3.05, 3.63) is 46.2 Å². The molecule has 2 saturated heterocycles. The third-order valence-electron chi connectivity index (χ3n) is 6.77. The number of hydrogen-bond donors (Lipinski definition) is 2. The SMILES string of the molecule is Cc1nn(CC(=O)Nc2ccc(C(=O)NCC3CCCN4CCCCC34)cc2)c(C)c1Cl. The first-order valence-corrected chi connectivity index (χ1v) is 11.9. The summed E-state index contributed by atoms with van der Waals surface area (Å²) in [6.07, 6.45) is 6.25. The zero-order valence-electron chi connectivity index (χ0n) is 18.9. The van der Waals surface area contributed by atoms with Crippen LogP contribution in [-0.4, -0.2) is 52.2 Å². The Bertz CT molecular complexity index is 970. The number of aryl methyl sites for hydroxylation is 1. The monoisotopic (exact) mass is 457 g/mol. The quantitative estimate of drug-likeness (QED) is 0.691. The van der Waals surface area contributed by atoms with E-state index in [-0.39, 0.29) is 18.4 Å². The predicted octanol–water partition coefficient (Wildman–Crippen LogP) is 3.79. The molecule has 2 fully saturated rings. The van der Waals surface area contributed by atoms with Crippen molar-refractivity contribution in [2.45, 2.75) is 58.5 Å². The number of carbonyl (C=O) groups excluding carboxylic acids is 2. The Morgan fingerprint density at radius 2 is 1.84 bits per heavy atom. The van der Waals surface area contributed by atoms with Gasteiger partial charge in [0.15, 0.2) is 0 Å². The Morgan fingerprint density at radius 1 is 1.09 bits per heavy atom. The van der Waals surface area contributed by atoms with Crippen molar-refractivity contribution in [2.75, 3.05) is 25.0 Å². The van der Waals surface area contributed by atoms with Gasteiger partial charge in [-0.1, -0.05) is 18.0 Å². The third kappa shape index (κ3) is 5.15. The lowest BCUT2D eigenvalue weighted by atomic mass is 9.83. The molecule has 7 nitrogen and oxygen atoms in total. The first kappa shape index (κ1) is 22.8. The van der Waals surface area contributed by atoms with Gasteiger partial charge in [-0.05, 0) is 82.8 Å². The molecule has 2 amide bonds. The van der Waals surface area contributed by atoms with E-state index in [0.717, 1.165) is 12.2 Å². The second-order valence-electron chi connectivity index (χ2n) is 8.98. The van der Waals surface area contributed by atoms with Crippen molar-refractivity contribution in [3.63, 3.8) is 0 Å². The molecule has 0 saturated carbocycles. The summed E-state index contributed by atoms with van der Waals surface area (Å²) in [6.45, 7) is 6.86. The molecule has 1 aromatic heterocycles. The molecular weight excluding hydrogens is 426 g/mol. The maximum atomic E-state index is 12.7. The van der Waals surface area contributed by atoms with Gasteiger partial charge in [-0.15, -0.1) is 0 Å². The van der Waals surface area contributed by atoms with E-state index in [9.17, 15) is 9.59 Å². The minimum atomic E-state index is -0.196. The predicted molar refractivity (Wildman–Crippen MR) is 126 cm³/mol. The van der Waals surface area contributed by atoms with Crippen LogP contribution in [0.3, 0.4) is 0 Å². The first-order valence-electron chi connectivity index (χ1n) is 11.5. The molecule has 2 atom stereocenters. The largest absolute Gasteiger partial charge is 0.352 e. The molecule has 3 heterocycles. The normalized spacial score (nSPS) is 21.1. The van der Waals surface area contributed by atoms with Crippen molar-refractivity contribution in [3.8, 4) is 0 Å². The van der Waals surface area contributed by atoms with Crippen LogP contribution in [0.1, 0.15) is 53.8 Å². The topological polar surface area (TPSA) is 79.3 Å². The molecular formula is C24H32ClN5O2. The first-order chi connectivity index (χ1) is 15.4. The van der Waals surface area contributed by atoms with Crippen LogP contribution >= 0.6 is 11.6 Å². The minimum absolute atomic E-state index is 0.0620. The summed E-state index contributed by atoms with van der Waals surface area (Å²) < 4.78 is 1.59. The number of carbonyl (C=O) groups is 2. The lowest BCUT2D eigenvalue weighted by molar-refractivity contribution is -0.116. The molecule has 4 rings (SSSR count). The highest BCUT2D eigenvalue weighted by atomic mass is 35.5. The lowest BCUT2D eigenvalue weighted by Crippen LogP contribution is -2.51. The number of piperidine rings is 2. The van der Waals surface area contributed by atoms with E-state index in [4.69, 9.17) is 11.6 Å². The summed E-state index contributed by atoms with van der Waals surface area (Å²) in [5.41, 5.74) is 2.71. The Balaban J connectivity index is 1.28. The Kier molecular flexibility index (Phi) is 7.16. The fraction of sp³-hybridized carbons (Fsp3) is 0.542. The van der Waals surface area contributed by atoms with Crippen molar-refractivity contribution in [1.82, 2.24) is 20.0 Å². The molecule has 2 N–H and O–H groups in total. The van der Waals surface area contributed by atoms with E-state index < -0.39 is 0 Å². The number of amides is 2. The second-order valence-corrected chi connectivity index (χ2v) is 9.36. The zero-order valence-corrected chi connectivity index (χ0v) is 19.6. The van der Waals surface area contributed by atoms with E-state index in [0.29, 0.717) is 33.9 Å². The fourth-order valence-corrected chi connectivity index (χ4v) is 5.15. The summed E-state index contributed by atoms with van der Waals surface area (Å²) in [5.74, 6) is 0.279. The summed E-state index contributed by atoms with van der Waals surface area (Å²) in [4.78, 5) is 27.6. The van der Waals surface area contributed by atoms with E-state index in [1.165, 1.54) is 45.2 Å². The van der Waals surface area contributed by atoms with Gasteiger partial charge in [-0.3, -0.25) is 14.3 Å². The average molecular weight is 458 g/mol. The number of benzene rings is 1. The van der Waals surface area contributed by atoms with Gasteiger partial charge >= 0.3 is 0 Å². The number of aromatic nitrogens is 2. The molecule has 2 aliphatic rings. The van der Waals surface area contributed by atoms with Crippen LogP contribution < -0.4 is 10.6 Å². The number of rotatable bonds is 6. The summed E-state index contributed by atoms with van der Waals surface area (Å²) in [5, 5.41) is 10.8. The van der Waals surface area contributed by atoms with Gasteiger partial charge in [-0.25, -0.2) is 0 Å². The van der Waals surface area contributed by atoms with Gasteiger partial charge in [0.25, 0.3) is 5.91 Å². The maximum absolute atomic E-state index is 12.7. The highest BCUT2D eigenvalue weighted by Gasteiger charge is 2.32.